The van der Waals surface area contributed by atoms with Crippen molar-refractivity contribution in [1.82, 2.24) is 25.0 Å². The smallest absolute Gasteiger partial charge is 0.242 e. The first-order valence-corrected chi connectivity index (χ1v) is 10.4. The molecule has 7 heteroatoms. The predicted molar refractivity (Wildman–Crippen MR) is 111 cm³/mol. The number of benzene rings is 2. The zero-order chi connectivity index (χ0) is 20.6. The van der Waals surface area contributed by atoms with Crippen LogP contribution < -0.4 is 5.32 Å². The summed E-state index contributed by atoms with van der Waals surface area (Å²) in [7, 11) is 0. The third-order valence-corrected chi connectivity index (χ3v) is 6.08. The van der Waals surface area contributed by atoms with Crippen molar-refractivity contribution in [1.29, 1.82) is 0 Å². The molecule has 1 saturated heterocycles. The van der Waals surface area contributed by atoms with Crippen molar-refractivity contribution in [2.45, 2.75) is 37.9 Å². The Hall–Kier alpha value is -3.06. The summed E-state index contributed by atoms with van der Waals surface area (Å²) in [5, 5.41) is 7.84. The molecule has 3 heterocycles. The Balaban J connectivity index is 1.32. The number of piperidine rings is 1. The summed E-state index contributed by atoms with van der Waals surface area (Å²) in [6.45, 7) is 2.60. The molecule has 30 heavy (non-hydrogen) atoms. The van der Waals surface area contributed by atoms with E-state index in [4.69, 9.17) is 4.98 Å². The molecule has 2 aromatic carbocycles. The van der Waals surface area contributed by atoms with Crippen molar-refractivity contribution in [3.8, 4) is 11.4 Å². The molecule has 0 aliphatic carbocycles. The molecule has 154 valence electrons. The Labute approximate surface area is 174 Å². The van der Waals surface area contributed by atoms with E-state index < -0.39 is 0 Å². The minimum atomic E-state index is -0.301. The summed E-state index contributed by atoms with van der Waals surface area (Å²) in [6, 6.07) is 16.6. The third-order valence-electron chi connectivity index (χ3n) is 6.08. The van der Waals surface area contributed by atoms with Crippen LogP contribution in [0.25, 0.3) is 11.4 Å². The number of fused-ring (bicyclic) bond motifs is 1. The zero-order valence-electron chi connectivity index (χ0n) is 16.7. The van der Waals surface area contributed by atoms with Crippen LogP contribution in [0.5, 0.6) is 0 Å². The molecular weight excluding hydrogens is 381 g/mol. The highest BCUT2D eigenvalue weighted by molar-refractivity contribution is 5.77. The normalized spacial score (nSPS) is 18.6. The second-order valence-corrected chi connectivity index (χ2v) is 8.29. The largest absolute Gasteiger partial charge is 0.349 e. The van der Waals surface area contributed by atoms with Crippen LogP contribution in [-0.2, 0) is 24.3 Å². The third kappa shape index (κ3) is 3.85. The van der Waals surface area contributed by atoms with Gasteiger partial charge >= 0.3 is 0 Å². The van der Waals surface area contributed by atoms with Crippen LogP contribution in [-0.4, -0.2) is 44.2 Å². The van der Waals surface area contributed by atoms with Crippen molar-refractivity contribution in [3.63, 3.8) is 0 Å². The number of nitrogens with one attached hydrogen (secondary N) is 1. The molecule has 0 unspecified atom stereocenters. The summed E-state index contributed by atoms with van der Waals surface area (Å²) in [4.78, 5) is 19.7. The van der Waals surface area contributed by atoms with Crippen molar-refractivity contribution in [2.24, 2.45) is 0 Å². The van der Waals surface area contributed by atoms with Crippen molar-refractivity contribution >= 4 is 5.91 Å². The van der Waals surface area contributed by atoms with Crippen molar-refractivity contribution in [3.05, 3.63) is 71.8 Å². The van der Waals surface area contributed by atoms with Gasteiger partial charge in [0.05, 0.1) is 0 Å². The van der Waals surface area contributed by atoms with Gasteiger partial charge in [0.2, 0.25) is 5.91 Å². The molecule has 3 aromatic rings. The Morgan fingerprint density at radius 1 is 1.07 bits per heavy atom. The van der Waals surface area contributed by atoms with Gasteiger partial charge in [0.1, 0.15) is 18.2 Å². The van der Waals surface area contributed by atoms with E-state index in [0.717, 1.165) is 49.4 Å². The van der Waals surface area contributed by atoms with Gasteiger partial charge in [-0.25, -0.2) is 14.1 Å². The lowest BCUT2D eigenvalue weighted by molar-refractivity contribution is -0.123. The summed E-state index contributed by atoms with van der Waals surface area (Å²) in [5.74, 6) is 1.30. The van der Waals surface area contributed by atoms with E-state index >= 15 is 0 Å². The second-order valence-electron chi connectivity index (χ2n) is 8.29. The van der Waals surface area contributed by atoms with Crippen molar-refractivity contribution in [2.75, 3.05) is 13.1 Å². The highest BCUT2D eigenvalue weighted by atomic mass is 19.1. The number of amides is 1. The Kier molecular flexibility index (Phi) is 4.83. The van der Waals surface area contributed by atoms with Crippen LogP contribution in [0.1, 0.15) is 24.2 Å². The van der Waals surface area contributed by atoms with Gasteiger partial charge in [0.15, 0.2) is 5.82 Å². The molecule has 2 aliphatic rings. The van der Waals surface area contributed by atoms with E-state index in [2.05, 4.69) is 15.3 Å². The summed E-state index contributed by atoms with van der Waals surface area (Å²) < 4.78 is 15.2. The number of halogens is 1. The van der Waals surface area contributed by atoms with Crippen LogP contribution in [0.4, 0.5) is 4.39 Å². The first-order chi connectivity index (χ1) is 14.6. The fourth-order valence-corrected chi connectivity index (χ4v) is 4.49. The van der Waals surface area contributed by atoms with Gasteiger partial charge < -0.3 is 5.32 Å². The molecule has 1 fully saturated rings. The van der Waals surface area contributed by atoms with Crippen LogP contribution in [0.3, 0.4) is 0 Å². The van der Waals surface area contributed by atoms with Crippen LogP contribution in [0, 0.1) is 5.82 Å². The average Bonchev–Trinajstić information content (AvgIpc) is 3.06. The number of rotatable bonds is 3. The fraction of sp³-hybridized carbons (Fsp3) is 0.348. The van der Waals surface area contributed by atoms with E-state index in [9.17, 15) is 9.18 Å². The van der Waals surface area contributed by atoms with Crippen LogP contribution in [0.15, 0.2) is 54.6 Å². The number of likely N-dealkylation sites (tertiary alicyclic amines) is 1. The molecule has 0 saturated carbocycles. The molecule has 0 atom stereocenters. The highest BCUT2D eigenvalue weighted by Gasteiger charge is 2.39. The van der Waals surface area contributed by atoms with Crippen molar-refractivity contribution < 1.29 is 9.18 Å². The molecule has 1 amide bonds. The number of hydrogen-bond acceptors (Lipinski definition) is 4. The SMILES string of the molecule is O=C1Cn2nc(-c3ccccc3)nc2CC2(CCN(Cc3cccc(F)c3)CC2)N1. The minimum absolute atomic E-state index is 0.0168. The van der Waals surface area contributed by atoms with E-state index in [-0.39, 0.29) is 23.8 Å². The molecule has 5 rings (SSSR count). The summed E-state index contributed by atoms with van der Waals surface area (Å²) >= 11 is 0. The quantitative estimate of drug-likeness (QED) is 0.728. The van der Waals surface area contributed by atoms with E-state index in [1.54, 1.807) is 16.8 Å². The van der Waals surface area contributed by atoms with Gasteiger partial charge in [0.25, 0.3) is 0 Å². The number of nitrogens with zero attached hydrogens (tertiary/aromatic N) is 4. The lowest BCUT2D eigenvalue weighted by atomic mass is 9.84. The minimum Gasteiger partial charge on any atom is -0.349 e. The lowest BCUT2D eigenvalue weighted by Gasteiger charge is -2.41. The van der Waals surface area contributed by atoms with Gasteiger partial charge in [-0.15, -0.1) is 0 Å². The summed E-state index contributed by atoms with van der Waals surface area (Å²) in [6.07, 6.45) is 2.34. The maximum absolute atomic E-state index is 13.5. The average molecular weight is 405 g/mol. The second kappa shape index (κ2) is 7.65. The molecule has 6 nitrogen and oxygen atoms in total. The standard InChI is InChI=1S/C23H24FN5O/c24-19-8-4-5-17(13-19)15-28-11-9-23(10-12-28)14-20-25-22(18-6-2-1-3-7-18)27-29(20)16-21(30)26-23/h1-8,13H,9-12,14-16H2,(H,26,30). The molecule has 0 bridgehead atoms. The van der Waals surface area contributed by atoms with Gasteiger partial charge in [0, 0.05) is 37.2 Å². The first-order valence-electron chi connectivity index (χ1n) is 10.4. The molecular formula is C23H24FN5O. The maximum atomic E-state index is 13.5. The number of aromatic nitrogens is 3. The fourth-order valence-electron chi connectivity index (χ4n) is 4.49. The molecule has 2 aliphatic heterocycles. The molecule has 1 N–H and O–H groups in total. The molecule has 1 aromatic heterocycles. The molecule has 1 spiro atoms. The molecule has 0 radical (unpaired) electrons. The van der Waals surface area contributed by atoms with E-state index in [1.165, 1.54) is 6.07 Å². The number of carbonyl (C=O) groups is 1. The van der Waals surface area contributed by atoms with E-state index in [1.807, 2.05) is 36.4 Å². The van der Waals surface area contributed by atoms with Crippen LogP contribution in [0.2, 0.25) is 0 Å². The van der Waals surface area contributed by atoms with Gasteiger partial charge in [-0.3, -0.25) is 9.69 Å². The first kappa shape index (κ1) is 18.9. The Morgan fingerprint density at radius 2 is 1.87 bits per heavy atom. The monoisotopic (exact) mass is 405 g/mol. The Bertz CT molecular complexity index is 1060. The number of hydrogen-bond donors (Lipinski definition) is 1. The Morgan fingerprint density at radius 3 is 2.63 bits per heavy atom. The predicted octanol–water partition coefficient (Wildman–Crippen LogP) is 2.79. The van der Waals surface area contributed by atoms with Gasteiger partial charge in [-0.2, -0.15) is 5.10 Å². The summed E-state index contributed by atoms with van der Waals surface area (Å²) in [5.41, 5.74) is 1.63. The lowest BCUT2D eigenvalue weighted by Crippen LogP contribution is -2.56. The van der Waals surface area contributed by atoms with Gasteiger partial charge in [-0.05, 0) is 30.5 Å². The number of carbonyl (C=O) groups excluding carboxylic acids is 1. The van der Waals surface area contributed by atoms with Crippen LogP contribution >= 0.6 is 0 Å². The van der Waals surface area contributed by atoms with E-state index in [0.29, 0.717) is 12.2 Å². The topological polar surface area (TPSA) is 63.1 Å². The van der Waals surface area contributed by atoms with Gasteiger partial charge in [-0.1, -0.05) is 42.5 Å². The zero-order valence-corrected chi connectivity index (χ0v) is 16.7. The highest BCUT2D eigenvalue weighted by Crippen LogP contribution is 2.29. The maximum Gasteiger partial charge on any atom is 0.242 e.